The number of fused-ring (bicyclic) bond motifs is 1. The van der Waals surface area contributed by atoms with E-state index in [1.54, 1.807) is 16.9 Å². The molecule has 0 fully saturated rings. The maximum absolute atomic E-state index is 11.7. The van der Waals surface area contributed by atoms with Gasteiger partial charge in [-0.3, -0.25) is 9.78 Å². The summed E-state index contributed by atoms with van der Waals surface area (Å²) in [6.45, 7) is 5.18. The Labute approximate surface area is 115 Å². The molecule has 0 unspecified atom stereocenters. The van der Waals surface area contributed by atoms with Crippen molar-refractivity contribution in [2.24, 2.45) is 0 Å². The summed E-state index contributed by atoms with van der Waals surface area (Å²) in [5, 5.41) is 4.42. The molecule has 0 spiro atoms. The summed E-state index contributed by atoms with van der Waals surface area (Å²) >= 11 is 0. The molecule has 0 bridgehead atoms. The van der Waals surface area contributed by atoms with E-state index in [0.29, 0.717) is 22.9 Å². The van der Waals surface area contributed by atoms with Crippen molar-refractivity contribution in [1.29, 1.82) is 0 Å². The lowest BCUT2D eigenvalue weighted by Crippen LogP contribution is -2.09. The summed E-state index contributed by atoms with van der Waals surface area (Å²) < 4.78 is 1.60. The van der Waals surface area contributed by atoms with Gasteiger partial charge >= 0.3 is 0 Å². The van der Waals surface area contributed by atoms with Gasteiger partial charge in [0.05, 0.1) is 17.0 Å². The van der Waals surface area contributed by atoms with Crippen LogP contribution >= 0.6 is 0 Å². The van der Waals surface area contributed by atoms with E-state index in [2.05, 4.69) is 20.1 Å². The van der Waals surface area contributed by atoms with E-state index in [9.17, 15) is 4.79 Å². The fourth-order valence-electron chi connectivity index (χ4n) is 2.30. The molecular weight excluding hydrogens is 254 g/mol. The van der Waals surface area contributed by atoms with Crippen LogP contribution in [0.5, 0.6) is 0 Å². The molecule has 0 saturated carbocycles. The highest BCUT2D eigenvalue weighted by Gasteiger charge is 2.16. The summed E-state index contributed by atoms with van der Waals surface area (Å²) in [6, 6.07) is 3.71. The quantitative estimate of drug-likeness (QED) is 0.664. The van der Waals surface area contributed by atoms with Gasteiger partial charge < -0.3 is 0 Å². The fourth-order valence-corrected chi connectivity index (χ4v) is 2.30. The second kappa shape index (κ2) is 4.48. The van der Waals surface area contributed by atoms with Crippen LogP contribution in [0, 0.1) is 13.8 Å². The summed E-state index contributed by atoms with van der Waals surface area (Å²) in [7, 11) is 0. The lowest BCUT2D eigenvalue weighted by atomic mass is 10.1. The Morgan fingerprint density at radius 3 is 2.70 bits per heavy atom. The predicted molar refractivity (Wildman–Crippen MR) is 73.5 cm³/mol. The van der Waals surface area contributed by atoms with Gasteiger partial charge in [0, 0.05) is 18.0 Å². The number of Topliss-reactive ketones (excluding diaryl/α,β-unsaturated/α-hetero) is 1. The van der Waals surface area contributed by atoms with Crippen LogP contribution < -0.4 is 0 Å². The standard InChI is InChI=1S/C14H13N5O/c1-8-12(10(3)20)9(2)19-14(16-8)17-13(18-19)11-5-4-6-15-7-11/h4-7H,1-3H3. The predicted octanol–water partition coefficient (Wildman–Crippen LogP) is 2.01. The Hall–Kier alpha value is -2.63. The van der Waals surface area contributed by atoms with Gasteiger partial charge in [0.2, 0.25) is 0 Å². The number of carbonyl (C=O) groups excluding carboxylic acids is 1. The zero-order valence-electron chi connectivity index (χ0n) is 11.5. The minimum Gasteiger partial charge on any atom is -0.294 e. The first kappa shape index (κ1) is 12.4. The fraction of sp³-hybridized carbons (Fsp3) is 0.214. The molecular formula is C14H13N5O. The van der Waals surface area contributed by atoms with E-state index in [0.717, 1.165) is 11.3 Å². The molecule has 100 valence electrons. The number of ketones is 1. The Balaban J connectivity index is 2.27. The van der Waals surface area contributed by atoms with Crippen LogP contribution in [0.15, 0.2) is 24.5 Å². The van der Waals surface area contributed by atoms with E-state index < -0.39 is 0 Å². The molecule has 0 aromatic carbocycles. The van der Waals surface area contributed by atoms with Gasteiger partial charge in [-0.2, -0.15) is 4.98 Å². The molecule has 0 amide bonds. The van der Waals surface area contributed by atoms with Crippen molar-refractivity contribution in [2.45, 2.75) is 20.8 Å². The number of carbonyl (C=O) groups is 1. The minimum absolute atomic E-state index is 0.0205. The van der Waals surface area contributed by atoms with Gasteiger partial charge in [0.15, 0.2) is 11.6 Å². The third-order valence-electron chi connectivity index (χ3n) is 3.17. The van der Waals surface area contributed by atoms with Crippen LogP contribution in [-0.4, -0.2) is 30.3 Å². The number of hydrogen-bond acceptors (Lipinski definition) is 5. The maximum atomic E-state index is 11.7. The van der Waals surface area contributed by atoms with E-state index in [1.165, 1.54) is 6.92 Å². The van der Waals surface area contributed by atoms with Crippen LogP contribution in [0.2, 0.25) is 0 Å². The Morgan fingerprint density at radius 1 is 1.25 bits per heavy atom. The topological polar surface area (TPSA) is 73.0 Å². The molecule has 0 aliphatic rings. The Morgan fingerprint density at radius 2 is 2.05 bits per heavy atom. The lowest BCUT2D eigenvalue weighted by Gasteiger charge is -2.06. The molecule has 0 N–H and O–H groups in total. The van der Waals surface area contributed by atoms with Crippen LogP contribution in [0.1, 0.15) is 28.7 Å². The van der Waals surface area contributed by atoms with Gasteiger partial charge in [-0.25, -0.2) is 9.50 Å². The van der Waals surface area contributed by atoms with Crippen molar-refractivity contribution in [3.05, 3.63) is 41.5 Å². The van der Waals surface area contributed by atoms with Crippen molar-refractivity contribution < 1.29 is 4.79 Å². The first-order valence-electron chi connectivity index (χ1n) is 6.23. The average Bonchev–Trinajstić information content (AvgIpc) is 2.83. The Kier molecular flexibility index (Phi) is 2.78. The van der Waals surface area contributed by atoms with Gasteiger partial charge in [0.25, 0.3) is 5.78 Å². The number of aromatic nitrogens is 5. The van der Waals surface area contributed by atoms with E-state index >= 15 is 0 Å². The molecule has 0 atom stereocenters. The second-order valence-electron chi connectivity index (χ2n) is 4.60. The monoisotopic (exact) mass is 267 g/mol. The van der Waals surface area contributed by atoms with Gasteiger partial charge in [0.1, 0.15) is 0 Å². The van der Waals surface area contributed by atoms with Gasteiger partial charge in [-0.05, 0) is 32.9 Å². The number of hydrogen-bond donors (Lipinski definition) is 0. The smallest absolute Gasteiger partial charge is 0.253 e. The normalized spacial score (nSPS) is 10.9. The molecule has 3 aromatic heterocycles. The van der Waals surface area contributed by atoms with Crippen molar-refractivity contribution in [3.8, 4) is 11.4 Å². The minimum atomic E-state index is -0.0205. The summed E-state index contributed by atoms with van der Waals surface area (Å²) in [5.74, 6) is 1.02. The highest BCUT2D eigenvalue weighted by atomic mass is 16.1. The van der Waals surface area contributed by atoms with Crippen molar-refractivity contribution in [2.75, 3.05) is 0 Å². The number of nitrogens with zero attached hydrogens (tertiary/aromatic N) is 5. The summed E-state index contributed by atoms with van der Waals surface area (Å²) in [4.78, 5) is 24.5. The number of aryl methyl sites for hydroxylation is 2. The molecule has 3 rings (SSSR count). The van der Waals surface area contributed by atoms with Crippen molar-refractivity contribution >= 4 is 11.6 Å². The molecule has 0 aliphatic heterocycles. The van der Waals surface area contributed by atoms with Gasteiger partial charge in [-0.15, -0.1) is 5.10 Å². The van der Waals surface area contributed by atoms with E-state index in [4.69, 9.17) is 0 Å². The van der Waals surface area contributed by atoms with Gasteiger partial charge in [-0.1, -0.05) is 0 Å². The third kappa shape index (κ3) is 1.85. The Bertz CT molecular complexity index is 807. The van der Waals surface area contributed by atoms with Crippen LogP contribution in [-0.2, 0) is 0 Å². The molecule has 0 aliphatic carbocycles. The highest BCUT2D eigenvalue weighted by molar-refractivity contribution is 5.96. The van der Waals surface area contributed by atoms with Crippen LogP contribution in [0.4, 0.5) is 0 Å². The lowest BCUT2D eigenvalue weighted by molar-refractivity contribution is 0.101. The second-order valence-corrected chi connectivity index (χ2v) is 4.60. The van der Waals surface area contributed by atoms with E-state index in [-0.39, 0.29) is 5.78 Å². The summed E-state index contributed by atoms with van der Waals surface area (Å²) in [6.07, 6.45) is 3.39. The SMILES string of the molecule is CC(=O)c1c(C)nc2nc(-c3cccnc3)nn2c1C. The average molecular weight is 267 g/mol. The molecule has 0 saturated heterocycles. The highest BCUT2D eigenvalue weighted by Crippen LogP contribution is 2.18. The van der Waals surface area contributed by atoms with E-state index in [1.807, 2.05) is 26.0 Å². The zero-order valence-corrected chi connectivity index (χ0v) is 11.5. The van der Waals surface area contributed by atoms with Crippen molar-refractivity contribution in [3.63, 3.8) is 0 Å². The third-order valence-corrected chi connectivity index (χ3v) is 3.17. The number of pyridine rings is 1. The molecule has 6 nitrogen and oxygen atoms in total. The number of rotatable bonds is 2. The van der Waals surface area contributed by atoms with Crippen LogP contribution in [0.3, 0.4) is 0 Å². The van der Waals surface area contributed by atoms with Crippen molar-refractivity contribution in [1.82, 2.24) is 24.6 Å². The molecule has 6 heteroatoms. The molecule has 0 radical (unpaired) electrons. The zero-order chi connectivity index (χ0) is 14.3. The molecule has 20 heavy (non-hydrogen) atoms. The molecule has 3 heterocycles. The van der Waals surface area contributed by atoms with Crippen LogP contribution in [0.25, 0.3) is 17.2 Å². The maximum Gasteiger partial charge on any atom is 0.253 e. The molecule has 3 aromatic rings. The largest absolute Gasteiger partial charge is 0.294 e. The summed E-state index contributed by atoms with van der Waals surface area (Å²) in [5.41, 5.74) is 2.84. The first-order chi connectivity index (χ1) is 9.58. The first-order valence-corrected chi connectivity index (χ1v) is 6.23.